The van der Waals surface area contributed by atoms with Crippen LogP contribution in [0.25, 0.3) is 0 Å². The van der Waals surface area contributed by atoms with E-state index in [0.29, 0.717) is 11.4 Å². The highest BCUT2D eigenvalue weighted by Gasteiger charge is 2.34. The molecule has 3 rings (SSSR count). The summed E-state index contributed by atoms with van der Waals surface area (Å²) < 4.78 is 5.71. The van der Waals surface area contributed by atoms with Crippen molar-refractivity contribution >= 4 is 17.6 Å². The SMILES string of the molecule is CCC(C(=O)[O-])N1C(=O)c2ccnnc2Oc2cc(C)ccc21. The van der Waals surface area contributed by atoms with Gasteiger partial charge in [0.2, 0.25) is 0 Å². The lowest BCUT2D eigenvalue weighted by atomic mass is 10.1. The number of aryl methyl sites for hydroxylation is 1. The number of aromatic nitrogens is 2. The van der Waals surface area contributed by atoms with Gasteiger partial charge in [0.05, 0.1) is 23.9 Å². The van der Waals surface area contributed by atoms with Crippen molar-refractivity contribution in [2.45, 2.75) is 26.3 Å². The monoisotopic (exact) mass is 312 g/mol. The summed E-state index contributed by atoms with van der Waals surface area (Å²) in [6, 6.07) is 5.52. The molecule has 1 aromatic heterocycles. The Bertz CT molecular complexity index is 791. The van der Waals surface area contributed by atoms with E-state index in [0.717, 1.165) is 5.56 Å². The number of hydrogen-bond acceptors (Lipinski definition) is 6. The van der Waals surface area contributed by atoms with Crippen molar-refractivity contribution < 1.29 is 19.4 Å². The van der Waals surface area contributed by atoms with E-state index in [9.17, 15) is 14.7 Å². The second kappa shape index (κ2) is 5.68. The largest absolute Gasteiger partial charge is 0.548 e. The molecule has 23 heavy (non-hydrogen) atoms. The van der Waals surface area contributed by atoms with E-state index in [1.54, 1.807) is 25.1 Å². The van der Waals surface area contributed by atoms with E-state index >= 15 is 0 Å². The zero-order chi connectivity index (χ0) is 16.6. The Labute approximate surface area is 132 Å². The van der Waals surface area contributed by atoms with E-state index in [1.165, 1.54) is 17.2 Å². The Morgan fingerprint density at radius 2 is 2.17 bits per heavy atom. The molecule has 0 radical (unpaired) electrons. The maximum Gasteiger partial charge on any atom is 0.264 e. The summed E-state index contributed by atoms with van der Waals surface area (Å²) in [4.78, 5) is 25.6. The Balaban J connectivity index is 2.25. The summed E-state index contributed by atoms with van der Waals surface area (Å²) in [6.45, 7) is 3.55. The number of nitrogens with zero attached hydrogens (tertiary/aromatic N) is 3. The second-order valence-corrected chi connectivity index (χ2v) is 5.24. The molecule has 1 amide bonds. The molecule has 1 aliphatic heterocycles. The fourth-order valence-electron chi connectivity index (χ4n) is 2.57. The standard InChI is InChI=1S/C16H15N3O4/c1-3-11(16(21)22)19-12-5-4-9(2)8-13(12)23-14-10(15(19)20)6-7-17-18-14/h4-8,11H,3H2,1-2H3,(H,21,22)/p-1. The van der Waals surface area contributed by atoms with Crippen LogP contribution in [0.5, 0.6) is 11.6 Å². The number of anilines is 1. The summed E-state index contributed by atoms with van der Waals surface area (Å²) in [7, 11) is 0. The van der Waals surface area contributed by atoms with E-state index < -0.39 is 17.9 Å². The van der Waals surface area contributed by atoms with Crippen molar-refractivity contribution in [3.63, 3.8) is 0 Å². The molecule has 0 saturated heterocycles. The van der Waals surface area contributed by atoms with Gasteiger partial charge in [0.25, 0.3) is 11.8 Å². The molecule has 0 saturated carbocycles. The number of fused-ring (bicyclic) bond motifs is 2. The highest BCUT2D eigenvalue weighted by atomic mass is 16.5. The van der Waals surface area contributed by atoms with Crippen LogP contribution in [0.15, 0.2) is 30.5 Å². The number of hydrogen-bond donors (Lipinski definition) is 0. The van der Waals surface area contributed by atoms with E-state index in [4.69, 9.17) is 4.74 Å². The highest BCUT2D eigenvalue weighted by Crippen LogP contribution is 2.39. The summed E-state index contributed by atoms with van der Waals surface area (Å²) in [5, 5.41) is 19.1. The molecule has 7 nitrogen and oxygen atoms in total. The minimum Gasteiger partial charge on any atom is -0.548 e. The van der Waals surface area contributed by atoms with Gasteiger partial charge in [-0.25, -0.2) is 0 Å². The van der Waals surface area contributed by atoms with Gasteiger partial charge in [-0.3, -0.25) is 9.69 Å². The average Bonchev–Trinajstić information content (AvgIpc) is 2.63. The van der Waals surface area contributed by atoms with Crippen LogP contribution < -0.4 is 14.7 Å². The predicted octanol–water partition coefficient (Wildman–Crippen LogP) is 1.07. The number of aliphatic carboxylic acids is 1. The normalized spacial score (nSPS) is 14.3. The maximum atomic E-state index is 12.9. The highest BCUT2D eigenvalue weighted by molar-refractivity contribution is 6.11. The first-order valence-corrected chi connectivity index (χ1v) is 7.17. The van der Waals surface area contributed by atoms with Crippen LogP contribution in [0.2, 0.25) is 0 Å². The van der Waals surface area contributed by atoms with Gasteiger partial charge in [0.15, 0.2) is 5.75 Å². The number of rotatable bonds is 3. The summed E-state index contributed by atoms with van der Waals surface area (Å²) in [5.41, 5.74) is 1.44. The van der Waals surface area contributed by atoms with Crippen LogP contribution in [0.4, 0.5) is 5.69 Å². The Morgan fingerprint density at radius 3 is 2.87 bits per heavy atom. The Kier molecular flexibility index (Phi) is 3.69. The van der Waals surface area contributed by atoms with Crippen LogP contribution in [0.3, 0.4) is 0 Å². The topological polar surface area (TPSA) is 95.5 Å². The molecule has 0 N–H and O–H groups in total. The van der Waals surface area contributed by atoms with Crippen molar-refractivity contribution in [2.75, 3.05) is 4.90 Å². The second-order valence-electron chi connectivity index (χ2n) is 5.24. The molecule has 0 fully saturated rings. The van der Waals surface area contributed by atoms with Crippen molar-refractivity contribution in [1.82, 2.24) is 10.2 Å². The van der Waals surface area contributed by atoms with Gasteiger partial charge in [0.1, 0.15) is 5.56 Å². The van der Waals surface area contributed by atoms with Crippen LogP contribution in [-0.4, -0.2) is 28.1 Å². The molecule has 1 aliphatic rings. The molecule has 2 aromatic rings. The number of carboxylic acids is 1. The fourth-order valence-corrected chi connectivity index (χ4v) is 2.57. The number of ether oxygens (including phenoxy) is 1. The summed E-state index contributed by atoms with van der Waals surface area (Å²) >= 11 is 0. The van der Waals surface area contributed by atoms with Gasteiger partial charge < -0.3 is 14.6 Å². The van der Waals surface area contributed by atoms with Crippen molar-refractivity contribution in [3.8, 4) is 11.6 Å². The lowest BCUT2D eigenvalue weighted by Crippen LogP contribution is -2.50. The van der Waals surface area contributed by atoms with E-state index in [-0.39, 0.29) is 17.9 Å². The van der Waals surface area contributed by atoms with Gasteiger partial charge in [-0.15, -0.1) is 5.10 Å². The minimum atomic E-state index is -1.32. The molecule has 1 unspecified atom stereocenters. The molecule has 0 aliphatic carbocycles. The van der Waals surface area contributed by atoms with Gasteiger partial charge in [-0.05, 0) is 37.1 Å². The Hall–Kier alpha value is -2.96. The molecule has 0 bridgehead atoms. The lowest BCUT2D eigenvalue weighted by molar-refractivity contribution is -0.307. The lowest BCUT2D eigenvalue weighted by Gasteiger charge is -2.31. The van der Waals surface area contributed by atoms with Crippen LogP contribution in [0, 0.1) is 6.92 Å². The number of carbonyl (C=O) groups excluding carboxylic acids is 2. The van der Waals surface area contributed by atoms with Crippen molar-refractivity contribution in [1.29, 1.82) is 0 Å². The number of carbonyl (C=O) groups is 2. The van der Waals surface area contributed by atoms with Gasteiger partial charge in [-0.2, -0.15) is 5.10 Å². The minimum absolute atomic E-state index is 0.0556. The molecule has 7 heteroatoms. The van der Waals surface area contributed by atoms with Crippen LogP contribution in [-0.2, 0) is 4.79 Å². The molecule has 118 valence electrons. The summed E-state index contributed by atoms with van der Waals surface area (Å²) in [5.74, 6) is -1.41. The third-order valence-corrected chi connectivity index (χ3v) is 3.69. The van der Waals surface area contributed by atoms with Crippen molar-refractivity contribution in [3.05, 3.63) is 41.6 Å². The van der Waals surface area contributed by atoms with Crippen LogP contribution >= 0.6 is 0 Å². The molecule has 1 aromatic carbocycles. The molecule has 1 atom stereocenters. The van der Waals surface area contributed by atoms with Gasteiger partial charge in [0, 0.05) is 0 Å². The quantitative estimate of drug-likeness (QED) is 0.841. The number of carboxylic acid groups (broad SMARTS) is 1. The van der Waals surface area contributed by atoms with E-state index in [2.05, 4.69) is 10.2 Å². The Morgan fingerprint density at radius 1 is 1.39 bits per heavy atom. The maximum absolute atomic E-state index is 12.9. The number of benzene rings is 1. The first-order valence-electron chi connectivity index (χ1n) is 7.17. The first-order chi connectivity index (χ1) is 11.0. The van der Waals surface area contributed by atoms with E-state index in [1.807, 2.05) is 6.92 Å². The van der Waals surface area contributed by atoms with Crippen molar-refractivity contribution in [2.24, 2.45) is 0 Å². The zero-order valence-corrected chi connectivity index (χ0v) is 12.6. The van der Waals surface area contributed by atoms with Gasteiger partial charge in [-0.1, -0.05) is 13.0 Å². The number of amides is 1. The molecular weight excluding hydrogens is 298 g/mol. The fraction of sp³-hybridized carbons (Fsp3) is 0.250. The van der Waals surface area contributed by atoms with Crippen LogP contribution in [0.1, 0.15) is 29.3 Å². The molecular formula is C16H14N3O4-. The first kappa shape index (κ1) is 15.0. The zero-order valence-electron chi connectivity index (χ0n) is 12.6. The average molecular weight is 312 g/mol. The predicted molar refractivity (Wildman–Crippen MR) is 79.2 cm³/mol. The van der Waals surface area contributed by atoms with Gasteiger partial charge >= 0.3 is 0 Å². The third kappa shape index (κ3) is 2.50. The summed E-state index contributed by atoms with van der Waals surface area (Å²) in [6.07, 6.45) is 1.56. The molecule has 2 heterocycles. The smallest absolute Gasteiger partial charge is 0.264 e. The third-order valence-electron chi connectivity index (χ3n) is 3.69. The molecule has 0 spiro atoms.